The molecular weight excluding hydrogens is 835 g/mol. The molecule has 1 aromatic heterocycles. The highest BCUT2D eigenvalue weighted by atomic mass is 16.3. The molecular formula is C67H45NO. The molecule has 0 fully saturated rings. The van der Waals surface area contributed by atoms with Crippen LogP contribution in [0.4, 0.5) is 17.1 Å². The van der Waals surface area contributed by atoms with E-state index in [0.29, 0.717) is 0 Å². The van der Waals surface area contributed by atoms with Gasteiger partial charge in [-0.2, -0.15) is 0 Å². The first-order valence-electron chi connectivity index (χ1n) is 23.7. The minimum atomic E-state index is -0.480. The summed E-state index contributed by atoms with van der Waals surface area (Å²) in [6.07, 6.45) is 0. The SMILES string of the molecule is c1ccc(-c2cc(-c3ccccc3)cc(-c3ccc(N(c4ccc(-c5cccc6c5oc5ccccc56)cc4)c4ccc(C5(c6ccccc6)c6ccccc6-c6ccccc65)cc4)cc3)c2)cc1. The summed E-state index contributed by atoms with van der Waals surface area (Å²) in [6.45, 7) is 0. The molecule has 0 atom stereocenters. The Labute approximate surface area is 402 Å². The third-order valence-electron chi connectivity index (χ3n) is 14.2. The van der Waals surface area contributed by atoms with Crippen LogP contribution in [0.3, 0.4) is 0 Å². The Morgan fingerprint density at radius 1 is 0.275 bits per heavy atom. The molecule has 0 N–H and O–H groups in total. The Morgan fingerprint density at radius 2 is 0.681 bits per heavy atom. The van der Waals surface area contributed by atoms with E-state index in [1.165, 1.54) is 61.2 Å². The number of fused-ring (bicyclic) bond motifs is 6. The fraction of sp³-hybridized carbons (Fsp3) is 0.0149. The molecule has 1 aliphatic carbocycles. The number of nitrogens with zero attached hydrogens (tertiary/aromatic N) is 1. The molecule has 0 unspecified atom stereocenters. The van der Waals surface area contributed by atoms with Gasteiger partial charge in [-0.3, -0.25) is 0 Å². The van der Waals surface area contributed by atoms with Gasteiger partial charge in [-0.25, -0.2) is 0 Å². The third-order valence-corrected chi connectivity index (χ3v) is 14.2. The molecule has 0 spiro atoms. The number of para-hydroxylation sites is 2. The first-order chi connectivity index (χ1) is 34.2. The van der Waals surface area contributed by atoms with Crippen molar-refractivity contribution in [2.45, 2.75) is 5.41 Å². The molecule has 324 valence electrons. The number of benzene rings is 11. The van der Waals surface area contributed by atoms with E-state index in [0.717, 1.165) is 55.7 Å². The zero-order valence-corrected chi connectivity index (χ0v) is 37.8. The average molecular weight is 880 g/mol. The van der Waals surface area contributed by atoms with Gasteiger partial charge in [0.1, 0.15) is 11.2 Å². The summed E-state index contributed by atoms with van der Waals surface area (Å²) < 4.78 is 6.49. The van der Waals surface area contributed by atoms with Crippen LogP contribution < -0.4 is 4.90 Å². The fourth-order valence-corrected chi connectivity index (χ4v) is 11.0. The molecule has 69 heavy (non-hydrogen) atoms. The van der Waals surface area contributed by atoms with Crippen LogP contribution in [0.1, 0.15) is 22.3 Å². The zero-order chi connectivity index (χ0) is 45.7. The topological polar surface area (TPSA) is 16.4 Å². The van der Waals surface area contributed by atoms with Crippen LogP contribution in [-0.2, 0) is 5.41 Å². The highest BCUT2D eigenvalue weighted by molar-refractivity contribution is 6.09. The van der Waals surface area contributed by atoms with Crippen molar-refractivity contribution >= 4 is 39.0 Å². The Kier molecular flexibility index (Phi) is 9.77. The van der Waals surface area contributed by atoms with Gasteiger partial charge in [0.25, 0.3) is 0 Å². The van der Waals surface area contributed by atoms with E-state index in [1.807, 2.05) is 12.1 Å². The average Bonchev–Trinajstić information content (AvgIpc) is 3.97. The molecule has 11 aromatic carbocycles. The van der Waals surface area contributed by atoms with Gasteiger partial charge >= 0.3 is 0 Å². The van der Waals surface area contributed by atoms with Crippen LogP contribution in [0.15, 0.2) is 277 Å². The van der Waals surface area contributed by atoms with Gasteiger partial charge in [-0.1, -0.05) is 212 Å². The minimum Gasteiger partial charge on any atom is -0.455 e. The lowest BCUT2D eigenvalue weighted by Gasteiger charge is -2.34. The molecule has 0 aliphatic heterocycles. The first-order valence-corrected chi connectivity index (χ1v) is 23.7. The highest BCUT2D eigenvalue weighted by Gasteiger charge is 2.45. The molecule has 1 heterocycles. The summed E-state index contributed by atoms with van der Waals surface area (Å²) >= 11 is 0. The first kappa shape index (κ1) is 40.3. The van der Waals surface area contributed by atoms with Gasteiger partial charge < -0.3 is 9.32 Å². The van der Waals surface area contributed by atoms with Crippen molar-refractivity contribution in [2.24, 2.45) is 0 Å². The maximum atomic E-state index is 6.49. The van der Waals surface area contributed by atoms with Gasteiger partial charge in [0.05, 0.1) is 5.41 Å². The number of rotatable bonds is 9. The van der Waals surface area contributed by atoms with Crippen LogP contribution in [0, 0.1) is 0 Å². The molecule has 0 saturated heterocycles. The molecule has 0 bridgehead atoms. The quantitative estimate of drug-likeness (QED) is 0.144. The number of anilines is 3. The van der Waals surface area contributed by atoms with E-state index in [2.05, 4.69) is 266 Å². The smallest absolute Gasteiger partial charge is 0.143 e. The van der Waals surface area contributed by atoms with Crippen molar-refractivity contribution in [1.82, 2.24) is 0 Å². The molecule has 2 nitrogen and oxygen atoms in total. The summed E-state index contributed by atoms with van der Waals surface area (Å²) in [7, 11) is 0. The van der Waals surface area contributed by atoms with Crippen molar-refractivity contribution in [3.63, 3.8) is 0 Å². The van der Waals surface area contributed by atoms with Gasteiger partial charge in [0, 0.05) is 33.4 Å². The molecule has 0 amide bonds. The second kappa shape index (κ2) is 16.7. The summed E-state index contributed by atoms with van der Waals surface area (Å²) in [5.41, 5.74) is 21.5. The monoisotopic (exact) mass is 879 g/mol. The van der Waals surface area contributed by atoms with Gasteiger partial charge in [-0.15, -0.1) is 0 Å². The number of furan rings is 1. The largest absolute Gasteiger partial charge is 0.455 e. The fourth-order valence-electron chi connectivity index (χ4n) is 11.0. The maximum absolute atomic E-state index is 6.49. The zero-order valence-electron chi connectivity index (χ0n) is 37.8. The third kappa shape index (κ3) is 6.80. The van der Waals surface area contributed by atoms with E-state index >= 15 is 0 Å². The second-order valence-corrected chi connectivity index (χ2v) is 18.0. The standard InChI is InChI=1S/C67H45NO/c1-4-17-46(18-5-1)50-43-51(47-19-6-2-7-20-47)45-52(44-50)48-31-37-55(38-32-48)68(56-39-33-49(34-40-56)58-26-16-27-62-61-25-12-15-30-65(61)69-66(58)62)57-41-35-54(36-42-57)67(53-21-8-3-9-22-53)63-28-13-10-23-59(63)60-24-11-14-29-64(60)67/h1-45H. The molecule has 12 aromatic rings. The summed E-state index contributed by atoms with van der Waals surface area (Å²) in [6, 6.07) is 99.2. The lowest BCUT2D eigenvalue weighted by Crippen LogP contribution is -2.28. The minimum absolute atomic E-state index is 0.480. The van der Waals surface area contributed by atoms with Crippen molar-refractivity contribution in [3.05, 3.63) is 295 Å². The second-order valence-electron chi connectivity index (χ2n) is 18.0. The number of hydrogen-bond acceptors (Lipinski definition) is 2. The van der Waals surface area contributed by atoms with Crippen LogP contribution >= 0.6 is 0 Å². The molecule has 1 aliphatic rings. The van der Waals surface area contributed by atoms with Crippen molar-refractivity contribution in [3.8, 4) is 55.6 Å². The lowest BCUT2D eigenvalue weighted by molar-refractivity contribution is 0.670. The van der Waals surface area contributed by atoms with Gasteiger partial charge in [-0.05, 0) is 133 Å². The Hall–Kier alpha value is -8.98. The van der Waals surface area contributed by atoms with E-state index in [1.54, 1.807) is 0 Å². The van der Waals surface area contributed by atoms with E-state index < -0.39 is 5.41 Å². The molecule has 0 radical (unpaired) electrons. The lowest BCUT2D eigenvalue weighted by atomic mass is 9.68. The molecule has 13 rings (SSSR count). The van der Waals surface area contributed by atoms with E-state index in [9.17, 15) is 0 Å². The summed E-state index contributed by atoms with van der Waals surface area (Å²) in [5.74, 6) is 0. The summed E-state index contributed by atoms with van der Waals surface area (Å²) in [4.78, 5) is 2.38. The predicted molar refractivity (Wildman–Crippen MR) is 287 cm³/mol. The maximum Gasteiger partial charge on any atom is 0.143 e. The summed E-state index contributed by atoms with van der Waals surface area (Å²) in [5, 5.41) is 2.26. The van der Waals surface area contributed by atoms with Crippen LogP contribution in [-0.4, -0.2) is 0 Å². The van der Waals surface area contributed by atoms with Gasteiger partial charge in [0.15, 0.2) is 0 Å². The van der Waals surface area contributed by atoms with E-state index in [4.69, 9.17) is 4.42 Å². The Bertz CT molecular complexity index is 3690. The van der Waals surface area contributed by atoms with Crippen LogP contribution in [0.2, 0.25) is 0 Å². The Morgan fingerprint density at radius 3 is 1.25 bits per heavy atom. The molecule has 0 saturated carbocycles. The number of hydrogen-bond donors (Lipinski definition) is 0. The van der Waals surface area contributed by atoms with Crippen molar-refractivity contribution in [1.29, 1.82) is 0 Å². The molecule has 2 heteroatoms. The van der Waals surface area contributed by atoms with Crippen LogP contribution in [0.25, 0.3) is 77.6 Å². The normalized spacial score (nSPS) is 12.5. The highest BCUT2D eigenvalue weighted by Crippen LogP contribution is 2.56. The predicted octanol–water partition coefficient (Wildman–Crippen LogP) is 18.1. The van der Waals surface area contributed by atoms with Gasteiger partial charge in [0.2, 0.25) is 0 Å². The van der Waals surface area contributed by atoms with Crippen LogP contribution in [0.5, 0.6) is 0 Å². The van der Waals surface area contributed by atoms with Crippen molar-refractivity contribution < 1.29 is 4.42 Å². The van der Waals surface area contributed by atoms with Crippen molar-refractivity contribution in [2.75, 3.05) is 4.90 Å². The van der Waals surface area contributed by atoms with E-state index in [-0.39, 0.29) is 0 Å². The Balaban J connectivity index is 0.941.